The minimum absolute atomic E-state index is 0.0276. The van der Waals surface area contributed by atoms with E-state index in [1.54, 1.807) is 26.0 Å². The fourth-order valence-corrected chi connectivity index (χ4v) is 2.30. The van der Waals surface area contributed by atoms with Gasteiger partial charge in [-0.15, -0.1) is 0 Å². The molecule has 0 bridgehead atoms. The van der Waals surface area contributed by atoms with Crippen LogP contribution in [0.2, 0.25) is 0 Å². The lowest BCUT2D eigenvalue weighted by molar-refractivity contribution is -0.138. The number of aliphatic hydroxyl groups is 2. The average molecular weight is 336 g/mol. The molecule has 134 valence electrons. The number of carbonyl (C=O) groups excluding carboxylic acids is 1. The normalized spacial score (nSPS) is 14.1. The predicted octanol–water partition coefficient (Wildman–Crippen LogP) is 3.02. The summed E-state index contributed by atoms with van der Waals surface area (Å²) < 4.78 is 10.2. The molecule has 0 heterocycles. The van der Waals surface area contributed by atoms with E-state index in [1.807, 2.05) is 25.1 Å². The van der Waals surface area contributed by atoms with E-state index in [9.17, 15) is 9.90 Å². The van der Waals surface area contributed by atoms with Gasteiger partial charge in [-0.1, -0.05) is 25.1 Å². The van der Waals surface area contributed by atoms with Crippen molar-refractivity contribution in [2.45, 2.75) is 39.7 Å². The molecule has 0 saturated heterocycles. The summed E-state index contributed by atoms with van der Waals surface area (Å²) in [6.07, 6.45) is 2.75. The molecular weight excluding hydrogens is 308 g/mol. The van der Waals surface area contributed by atoms with Crippen LogP contribution in [-0.4, -0.2) is 36.0 Å². The maximum atomic E-state index is 11.5. The third-order valence-electron chi connectivity index (χ3n) is 3.79. The van der Waals surface area contributed by atoms with Gasteiger partial charge in [0.25, 0.3) is 0 Å². The van der Waals surface area contributed by atoms with Gasteiger partial charge in [0.05, 0.1) is 19.3 Å². The lowest BCUT2D eigenvalue weighted by Gasteiger charge is -2.19. The third-order valence-corrected chi connectivity index (χ3v) is 3.79. The van der Waals surface area contributed by atoms with Crippen LogP contribution in [0.3, 0.4) is 0 Å². The second kappa shape index (κ2) is 10.8. The van der Waals surface area contributed by atoms with Gasteiger partial charge >= 0.3 is 5.97 Å². The Bertz CT molecular complexity index is 521. The van der Waals surface area contributed by atoms with Gasteiger partial charge < -0.3 is 19.7 Å². The molecule has 1 rings (SSSR count). The summed E-state index contributed by atoms with van der Waals surface area (Å²) in [5.74, 6) is 0.435. The molecule has 0 aromatic heterocycles. The number of aliphatic hydroxyl groups excluding tert-OH is 2. The number of ether oxygens (including phenoxy) is 2. The first kappa shape index (κ1) is 20.2. The molecule has 0 amide bonds. The van der Waals surface area contributed by atoms with Crippen molar-refractivity contribution in [3.63, 3.8) is 0 Å². The van der Waals surface area contributed by atoms with Gasteiger partial charge in [-0.05, 0) is 50.3 Å². The SMILES string of the molecule is CCOC(=O)/C(C)=C/CC[C@@H](C)[C@@H](O)c1ccc(OCCO)cc1. The highest BCUT2D eigenvalue weighted by molar-refractivity contribution is 5.87. The maximum Gasteiger partial charge on any atom is 0.333 e. The molecular formula is C19H28O5. The van der Waals surface area contributed by atoms with Crippen molar-refractivity contribution < 1.29 is 24.5 Å². The number of benzene rings is 1. The zero-order valence-electron chi connectivity index (χ0n) is 14.7. The molecule has 0 aliphatic heterocycles. The van der Waals surface area contributed by atoms with Crippen LogP contribution >= 0.6 is 0 Å². The number of rotatable bonds is 10. The summed E-state index contributed by atoms with van der Waals surface area (Å²) in [4.78, 5) is 11.5. The van der Waals surface area contributed by atoms with E-state index in [-0.39, 0.29) is 25.1 Å². The summed E-state index contributed by atoms with van der Waals surface area (Å²) in [6.45, 7) is 6.10. The standard InChI is InChI=1S/C19H28O5/c1-4-23-19(22)15(3)7-5-6-14(2)18(21)16-8-10-17(11-9-16)24-13-12-20/h7-11,14,18,20-21H,4-6,12-13H2,1-3H3/b15-7+/t14-,18-/m1/s1. The zero-order valence-corrected chi connectivity index (χ0v) is 14.7. The molecule has 0 aliphatic carbocycles. The number of hydrogen-bond acceptors (Lipinski definition) is 5. The fraction of sp³-hybridized carbons (Fsp3) is 0.526. The number of allylic oxidation sites excluding steroid dienone is 1. The van der Waals surface area contributed by atoms with Crippen molar-refractivity contribution in [2.75, 3.05) is 19.8 Å². The molecule has 5 heteroatoms. The van der Waals surface area contributed by atoms with Crippen LogP contribution < -0.4 is 4.74 Å². The van der Waals surface area contributed by atoms with Crippen molar-refractivity contribution in [2.24, 2.45) is 5.92 Å². The highest BCUT2D eigenvalue weighted by Gasteiger charge is 2.16. The molecule has 1 aromatic carbocycles. The first-order chi connectivity index (χ1) is 11.5. The largest absolute Gasteiger partial charge is 0.491 e. The van der Waals surface area contributed by atoms with E-state index in [0.29, 0.717) is 24.4 Å². The van der Waals surface area contributed by atoms with Crippen molar-refractivity contribution >= 4 is 5.97 Å². The van der Waals surface area contributed by atoms with Gasteiger partial charge in [0.1, 0.15) is 12.4 Å². The molecule has 0 fully saturated rings. The van der Waals surface area contributed by atoms with Gasteiger partial charge in [-0.3, -0.25) is 0 Å². The lowest BCUT2D eigenvalue weighted by atomic mass is 9.93. The van der Waals surface area contributed by atoms with Gasteiger partial charge in [-0.2, -0.15) is 0 Å². The van der Waals surface area contributed by atoms with E-state index in [4.69, 9.17) is 14.6 Å². The summed E-state index contributed by atoms with van der Waals surface area (Å²) in [5.41, 5.74) is 1.42. The molecule has 0 radical (unpaired) electrons. The van der Waals surface area contributed by atoms with Crippen LogP contribution in [0.5, 0.6) is 5.75 Å². The smallest absolute Gasteiger partial charge is 0.333 e. The van der Waals surface area contributed by atoms with Crippen LogP contribution in [0.1, 0.15) is 45.3 Å². The second-order valence-electron chi connectivity index (χ2n) is 5.75. The molecule has 0 spiro atoms. The van der Waals surface area contributed by atoms with E-state index < -0.39 is 6.10 Å². The molecule has 1 aromatic rings. The average Bonchev–Trinajstić information content (AvgIpc) is 2.59. The Balaban J connectivity index is 2.50. The second-order valence-corrected chi connectivity index (χ2v) is 5.75. The molecule has 0 saturated carbocycles. The third kappa shape index (κ3) is 6.72. The van der Waals surface area contributed by atoms with Crippen LogP contribution in [0.25, 0.3) is 0 Å². The number of esters is 1. The monoisotopic (exact) mass is 336 g/mol. The van der Waals surface area contributed by atoms with E-state index in [0.717, 1.165) is 12.0 Å². The summed E-state index contributed by atoms with van der Waals surface area (Å²) in [6, 6.07) is 7.22. The van der Waals surface area contributed by atoms with Crippen molar-refractivity contribution in [1.82, 2.24) is 0 Å². The maximum absolute atomic E-state index is 11.5. The molecule has 0 unspecified atom stereocenters. The molecule has 0 aliphatic rings. The molecule has 5 nitrogen and oxygen atoms in total. The first-order valence-electron chi connectivity index (χ1n) is 8.35. The quantitative estimate of drug-likeness (QED) is 0.507. The summed E-state index contributed by atoms with van der Waals surface area (Å²) in [7, 11) is 0. The number of carbonyl (C=O) groups is 1. The minimum atomic E-state index is -0.576. The van der Waals surface area contributed by atoms with E-state index in [1.165, 1.54) is 0 Å². The lowest BCUT2D eigenvalue weighted by Crippen LogP contribution is -2.10. The minimum Gasteiger partial charge on any atom is -0.491 e. The Morgan fingerprint density at radius 2 is 1.96 bits per heavy atom. The van der Waals surface area contributed by atoms with Crippen LogP contribution in [0, 0.1) is 5.92 Å². The van der Waals surface area contributed by atoms with Crippen molar-refractivity contribution in [3.05, 3.63) is 41.5 Å². The van der Waals surface area contributed by atoms with E-state index >= 15 is 0 Å². The fourth-order valence-electron chi connectivity index (χ4n) is 2.30. The van der Waals surface area contributed by atoms with Crippen molar-refractivity contribution in [3.8, 4) is 5.75 Å². The highest BCUT2D eigenvalue weighted by atomic mass is 16.5. The Hall–Kier alpha value is -1.85. The van der Waals surface area contributed by atoms with Crippen LogP contribution in [0.4, 0.5) is 0 Å². The van der Waals surface area contributed by atoms with Crippen molar-refractivity contribution in [1.29, 1.82) is 0 Å². The molecule has 2 N–H and O–H groups in total. The Morgan fingerprint density at radius 3 is 2.54 bits per heavy atom. The highest BCUT2D eigenvalue weighted by Crippen LogP contribution is 2.27. The summed E-state index contributed by atoms with van der Waals surface area (Å²) in [5, 5.41) is 19.2. The Morgan fingerprint density at radius 1 is 1.29 bits per heavy atom. The molecule has 24 heavy (non-hydrogen) atoms. The van der Waals surface area contributed by atoms with Gasteiger partial charge in [0.2, 0.25) is 0 Å². The first-order valence-corrected chi connectivity index (χ1v) is 8.35. The Labute approximate surface area is 143 Å². The predicted molar refractivity (Wildman–Crippen MR) is 92.8 cm³/mol. The van der Waals surface area contributed by atoms with Gasteiger partial charge in [0, 0.05) is 5.57 Å². The Kier molecular flexibility index (Phi) is 9.12. The molecule has 2 atom stereocenters. The number of hydrogen-bond donors (Lipinski definition) is 2. The van der Waals surface area contributed by atoms with E-state index in [2.05, 4.69) is 0 Å². The van der Waals surface area contributed by atoms with Crippen LogP contribution in [0.15, 0.2) is 35.9 Å². The summed E-state index contributed by atoms with van der Waals surface area (Å²) >= 11 is 0. The van der Waals surface area contributed by atoms with Gasteiger partial charge in [-0.25, -0.2) is 4.79 Å². The van der Waals surface area contributed by atoms with Gasteiger partial charge in [0.15, 0.2) is 0 Å². The zero-order chi connectivity index (χ0) is 17.9. The van der Waals surface area contributed by atoms with Crippen LogP contribution in [-0.2, 0) is 9.53 Å². The topological polar surface area (TPSA) is 76.0 Å².